The number of aromatic nitrogens is 3. The molecule has 0 spiro atoms. The van der Waals surface area contributed by atoms with Crippen molar-refractivity contribution in [2.24, 2.45) is 0 Å². The van der Waals surface area contributed by atoms with Gasteiger partial charge in [-0.1, -0.05) is 6.92 Å². The van der Waals surface area contributed by atoms with E-state index >= 15 is 0 Å². The highest BCUT2D eigenvalue weighted by molar-refractivity contribution is 5.45. The molecule has 0 amide bonds. The van der Waals surface area contributed by atoms with Crippen LogP contribution in [0, 0.1) is 0 Å². The Morgan fingerprint density at radius 2 is 2.36 bits per heavy atom. The summed E-state index contributed by atoms with van der Waals surface area (Å²) >= 11 is 0. The van der Waals surface area contributed by atoms with Crippen molar-refractivity contribution in [3.63, 3.8) is 0 Å². The summed E-state index contributed by atoms with van der Waals surface area (Å²) in [5.74, 6) is 0.910. The zero-order chi connectivity index (χ0) is 9.97. The third-order valence-corrected chi connectivity index (χ3v) is 2.26. The third kappa shape index (κ3) is 1.69. The molecule has 2 heterocycles. The van der Waals surface area contributed by atoms with Crippen molar-refractivity contribution >= 4 is 11.5 Å². The van der Waals surface area contributed by atoms with Crippen LogP contribution in [0.2, 0.25) is 0 Å². The van der Waals surface area contributed by atoms with Crippen molar-refractivity contribution in [2.45, 2.75) is 26.3 Å². The van der Waals surface area contributed by atoms with Crippen molar-refractivity contribution in [2.75, 3.05) is 5.32 Å². The first kappa shape index (κ1) is 8.99. The number of fused-ring (bicyclic) bond motifs is 1. The molecular formula is C10H14N4. The molecule has 0 saturated carbocycles. The Kier molecular flexibility index (Phi) is 2.35. The third-order valence-electron chi connectivity index (χ3n) is 2.26. The van der Waals surface area contributed by atoms with E-state index in [1.807, 2.05) is 18.3 Å². The predicted octanol–water partition coefficient (Wildman–Crippen LogP) is 1.94. The maximum absolute atomic E-state index is 4.41. The number of hydrogen-bond acceptors (Lipinski definition) is 3. The summed E-state index contributed by atoms with van der Waals surface area (Å²) < 4.78 is 1.75. The van der Waals surface area contributed by atoms with Gasteiger partial charge in [0.2, 0.25) is 0 Å². The fraction of sp³-hybridized carbons (Fsp3) is 0.400. The summed E-state index contributed by atoms with van der Waals surface area (Å²) in [6.07, 6.45) is 4.74. The predicted molar refractivity (Wildman–Crippen MR) is 56.4 cm³/mol. The average molecular weight is 190 g/mol. The van der Waals surface area contributed by atoms with Crippen LogP contribution >= 0.6 is 0 Å². The van der Waals surface area contributed by atoms with Gasteiger partial charge in [0.25, 0.3) is 0 Å². The number of anilines is 1. The lowest BCUT2D eigenvalue weighted by Gasteiger charge is -2.11. The minimum Gasteiger partial charge on any atom is -0.368 e. The lowest BCUT2D eigenvalue weighted by Crippen LogP contribution is -2.14. The Morgan fingerprint density at radius 1 is 1.50 bits per heavy atom. The zero-order valence-corrected chi connectivity index (χ0v) is 8.44. The SMILES string of the molecule is CCC(C)Nc1ccn2nccc2n1. The topological polar surface area (TPSA) is 42.2 Å². The lowest BCUT2D eigenvalue weighted by atomic mass is 10.2. The normalized spacial score (nSPS) is 13.0. The molecule has 4 nitrogen and oxygen atoms in total. The van der Waals surface area contributed by atoms with Gasteiger partial charge in [-0.15, -0.1) is 0 Å². The molecule has 2 aromatic rings. The molecule has 0 saturated heterocycles. The minimum absolute atomic E-state index is 0.452. The average Bonchev–Trinajstić information content (AvgIpc) is 2.64. The molecule has 1 atom stereocenters. The van der Waals surface area contributed by atoms with Gasteiger partial charge in [0.05, 0.1) is 6.20 Å². The largest absolute Gasteiger partial charge is 0.368 e. The summed E-state index contributed by atoms with van der Waals surface area (Å²) in [5, 5.41) is 7.41. The summed E-state index contributed by atoms with van der Waals surface area (Å²) in [5.41, 5.74) is 0.873. The monoisotopic (exact) mass is 190 g/mol. The van der Waals surface area contributed by atoms with Gasteiger partial charge in [-0.2, -0.15) is 5.10 Å². The van der Waals surface area contributed by atoms with E-state index in [0.29, 0.717) is 6.04 Å². The zero-order valence-electron chi connectivity index (χ0n) is 8.44. The van der Waals surface area contributed by atoms with Crippen molar-refractivity contribution in [1.29, 1.82) is 0 Å². The molecule has 2 rings (SSSR count). The number of rotatable bonds is 3. The van der Waals surface area contributed by atoms with Gasteiger partial charge in [0.1, 0.15) is 5.82 Å². The Hall–Kier alpha value is -1.58. The number of hydrogen-bond donors (Lipinski definition) is 1. The van der Waals surface area contributed by atoms with Gasteiger partial charge in [-0.3, -0.25) is 0 Å². The molecule has 74 valence electrons. The van der Waals surface area contributed by atoms with Crippen molar-refractivity contribution < 1.29 is 0 Å². The van der Waals surface area contributed by atoms with E-state index in [1.54, 1.807) is 10.7 Å². The van der Waals surface area contributed by atoms with Gasteiger partial charge >= 0.3 is 0 Å². The van der Waals surface area contributed by atoms with Gasteiger partial charge in [-0.05, 0) is 19.4 Å². The maximum atomic E-state index is 4.41. The molecule has 2 aromatic heterocycles. The summed E-state index contributed by atoms with van der Waals surface area (Å²) in [6.45, 7) is 4.29. The van der Waals surface area contributed by atoms with E-state index in [2.05, 4.69) is 29.2 Å². The molecule has 0 aliphatic carbocycles. The van der Waals surface area contributed by atoms with Crippen molar-refractivity contribution in [3.8, 4) is 0 Å². The van der Waals surface area contributed by atoms with E-state index in [9.17, 15) is 0 Å². The summed E-state index contributed by atoms with van der Waals surface area (Å²) in [7, 11) is 0. The molecule has 1 N–H and O–H groups in total. The lowest BCUT2D eigenvalue weighted by molar-refractivity contribution is 0.758. The van der Waals surface area contributed by atoms with Crippen LogP contribution in [0.25, 0.3) is 5.65 Å². The number of nitrogens with zero attached hydrogens (tertiary/aromatic N) is 3. The Morgan fingerprint density at radius 3 is 3.14 bits per heavy atom. The second kappa shape index (κ2) is 3.65. The number of nitrogens with one attached hydrogen (secondary N) is 1. The minimum atomic E-state index is 0.452. The van der Waals surface area contributed by atoms with E-state index in [4.69, 9.17) is 0 Å². The van der Waals surface area contributed by atoms with E-state index in [-0.39, 0.29) is 0 Å². The van der Waals surface area contributed by atoms with E-state index in [1.165, 1.54) is 0 Å². The van der Waals surface area contributed by atoms with Crippen LogP contribution in [0.5, 0.6) is 0 Å². The first-order chi connectivity index (χ1) is 6.79. The molecule has 0 aliphatic rings. The second-order valence-corrected chi connectivity index (χ2v) is 3.40. The Balaban J connectivity index is 2.25. The molecule has 0 aliphatic heterocycles. The molecule has 0 radical (unpaired) electrons. The maximum Gasteiger partial charge on any atom is 0.157 e. The summed E-state index contributed by atoms with van der Waals surface area (Å²) in [4.78, 5) is 4.41. The van der Waals surface area contributed by atoms with E-state index < -0.39 is 0 Å². The molecule has 4 heteroatoms. The fourth-order valence-electron chi connectivity index (χ4n) is 1.25. The van der Waals surface area contributed by atoms with Crippen LogP contribution < -0.4 is 5.32 Å². The fourth-order valence-corrected chi connectivity index (χ4v) is 1.25. The van der Waals surface area contributed by atoms with Crippen LogP contribution in [-0.2, 0) is 0 Å². The van der Waals surface area contributed by atoms with Gasteiger partial charge in [0, 0.05) is 18.3 Å². The Bertz CT molecular complexity index is 421. The van der Waals surface area contributed by atoms with Crippen molar-refractivity contribution in [3.05, 3.63) is 24.5 Å². The molecule has 0 aromatic carbocycles. The van der Waals surface area contributed by atoms with Crippen LogP contribution in [0.4, 0.5) is 5.82 Å². The molecule has 0 bridgehead atoms. The first-order valence-electron chi connectivity index (χ1n) is 4.86. The molecule has 14 heavy (non-hydrogen) atoms. The van der Waals surface area contributed by atoms with Crippen LogP contribution in [0.3, 0.4) is 0 Å². The van der Waals surface area contributed by atoms with E-state index in [0.717, 1.165) is 17.9 Å². The standard InChI is InChI=1S/C10H14N4/c1-3-8(2)12-9-5-7-14-10(13-9)4-6-11-14/h4-8H,3H2,1-2H3,(H,12,13). The highest BCUT2D eigenvalue weighted by Gasteiger charge is 2.01. The van der Waals surface area contributed by atoms with Gasteiger partial charge in [0.15, 0.2) is 5.65 Å². The van der Waals surface area contributed by atoms with Gasteiger partial charge < -0.3 is 5.32 Å². The highest BCUT2D eigenvalue weighted by Crippen LogP contribution is 2.07. The van der Waals surface area contributed by atoms with Gasteiger partial charge in [-0.25, -0.2) is 9.50 Å². The summed E-state index contributed by atoms with van der Waals surface area (Å²) in [6, 6.07) is 4.28. The molecule has 0 fully saturated rings. The van der Waals surface area contributed by atoms with Crippen LogP contribution in [-0.4, -0.2) is 20.6 Å². The van der Waals surface area contributed by atoms with Crippen molar-refractivity contribution in [1.82, 2.24) is 14.6 Å². The van der Waals surface area contributed by atoms with Crippen LogP contribution in [0.1, 0.15) is 20.3 Å². The molecular weight excluding hydrogens is 176 g/mol. The smallest absolute Gasteiger partial charge is 0.157 e. The Labute approximate surface area is 83.0 Å². The quantitative estimate of drug-likeness (QED) is 0.804. The first-order valence-corrected chi connectivity index (χ1v) is 4.86. The van der Waals surface area contributed by atoms with Crippen LogP contribution in [0.15, 0.2) is 24.5 Å². The second-order valence-electron chi connectivity index (χ2n) is 3.40. The molecule has 1 unspecified atom stereocenters. The highest BCUT2D eigenvalue weighted by atomic mass is 15.2.